The van der Waals surface area contributed by atoms with Crippen LogP contribution in [0.4, 0.5) is 0 Å². The Labute approximate surface area is 89.7 Å². The first-order valence-electron chi connectivity index (χ1n) is 5.93. The molecule has 0 rings (SSSR count). The van der Waals surface area contributed by atoms with Gasteiger partial charge in [0, 0.05) is 13.7 Å². The van der Waals surface area contributed by atoms with Crippen LogP contribution in [0.3, 0.4) is 0 Å². The summed E-state index contributed by atoms with van der Waals surface area (Å²) in [5.74, 6) is 0.618. The first kappa shape index (κ1) is 16.4. The van der Waals surface area contributed by atoms with Crippen molar-refractivity contribution in [3.8, 4) is 0 Å². The summed E-state index contributed by atoms with van der Waals surface area (Å²) in [6.07, 6.45) is 4.58. The van der Waals surface area contributed by atoms with Crippen LogP contribution in [0.5, 0.6) is 0 Å². The molecule has 0 aliphatic heterocycles. The molecule has 0 aromatic rings. The lowest BCUT2D eigenvalue weighted by atomic mass is 9.92. The summed E-state index contributed by atoms with van der Waals surface area (Å²) in [6, 6.07) is 0. The van der Waals surface area contributed by atoms with Crippen molar-refractivity contribution in [1.29, 1.82) is 0 Å². The zero-order chi connectivity index (χ0) is 11.4. The maximum Gasteiger partial charge on any atom is 0.0596 e. The Bertz CT molecular complexity index is 90.3. The van der Waals surface area contributed by atoms with Gasteiger partial charge in [-0.15, -0.1) is 0 Å². The SMILES string of the molecule is CC.CCC(CCCO)C(CC)OC. The molecule has 0 heterocycles. The molecule has 0 aromatic heterocycles. The summed E-state index contributed by atoms with van der Waals surface area (Å²) >= 11 is 0. The zero-order valence-corrected chi connectivity index (χ0v) is 10.5. The van der Waals surface area contributed by atoms with Crippen molar-refractivity contribution in [3.05, 3.63) is 0 Å². The molecule has 14 heavy (non-hydrogen) atoms. The molecule has 0 aliphatic carbocycles. The lowest BCUT2D eigenvalue weighted by molar-refractivity contribution is 0.0413. The predicted octanol–water partition coefficient (Wildman–Crippen LogP) is 3.24. The lowest BCUT2D eigenvalue weighted by Gasteiger charge is -2.23. The van der Waals surface area contributed by atoms with Gasteiger partial charge in [0.15, 0.2) is 0 Å². The zero-order valence-electron chi connectivity index (χ0n) is 10.5. The van der Waals surface area contributed by atoms with E-state index < -0.39 is 0 Å². The maximum absolute atomic E-state index is 8.70. The van der Waals surface area contributed by atoms with E-state index in [-0.39, 0.29) is 0 Å². The summed E-state index contributed by atoms with van der Waals surface area (Å²) < 4.78 is 5.37. The van der Waals surface area contributed by atoms with Crippen molar-refractivity contribution in [2.45, 2.75) is 59.5 Å². The molecular formula is C12H28O2. The van der Waals surface area contributed by atoms with Crippen molar-refractivity contribution < 1.29 is 9.84 Å². The van der Waals surface area contributed by atoms with Crippen LogP contribution >= 0.6 is 0 Å². The number of aliphatic hydroxyl groups is 1. The summed E-state index contributed by atoms with van der Waals surface area (Å²) in [5, 5.41) is 8.70. The van der Waals surface area contributed by atoms with Crippen LogP contribution in [-0.2, 0) is 4.74 Å². The van der Waals surface area contributed by atoms with E-state index in [9.17, 15) is 0 Å². The molecule has 2 unspecified atom stereocenters. The summed E-state index contributed by atoms with van der Waals surface area (Å²) in [6.45, 7) is 8.64. The molecule has 0 fully saturated rings. The Morgan fingerprint density at radius 1 is 1.14 bits per heavy atom. The van der Waals surface area contributed by atoms with Gasteiger partial charge in [-0.05, 0) is 25.2 Å². The normalized spacial score (nSPS) is 14.1. The number of hydrogen-bond acceptors (Lipinski definition) is 2. The van der Waals surface area contributed by atoms with Crippen LogP contribution in [0, 0.1) is 5.92 Å². The molecule has 0 spiro atoms. The molecule has 0 saturated carbocycles. The van der Waals surface area contributed by atoms with Gasteiger partial charge in [0.25, 0.3) is 0 Å². The third-order valence-electron chi connectivity index (χ3n) is 2.49. The highest BCUT2D eigenvalue weighted by atomic mass is 16.5. The van der Waals surface area contributed by atoms with Crippen molar-refractivity contribution in [2.24, 2.45) is 5.92 Å². The van der Waals surface area contributed by atoms with Crippen LogP contribution in [0.25, 0.3) is 0 Å². The topological polar surface area (TPSA) is 29.5 Å². The van der Waals surface area contributed by atoms with Crippen molar-refractivity contribution in [3.63, 3.8) is 0 Å². The smallest absolute Gasteiger partial charge is 0.0596 e. The maximum atomic E-state index is 8.70. The van der Waals surface area contributed by atoms with E-state index in [0.29, 0.717) is 18.6 Å². The van der Waals surface area contributed by atoms with E-state index in [1.807, 2.05) is 13.8 Å². The van der Waals surface area contributed by atoms with Gasteiger partial charge in [-0.2, -0.15) is 0 Å². The van der Waals surface area contributed by atoms with Crippen LogP contribution in [0.1, 0.15) is 53.4 Å². The van der Waals surface area contributed by atoms with Gasteiger partial charge in [0.2, 0.25) is 0 Å². The average molecular weight is 204 g/mol. The third-order valence-corrected chi connectivity index (χ3v) is 2.49. The second kappa shape index (κ2) is 12.9. The van der Waals surface area contributed by atoms with Crippen molar-refractivity contribution in [2.75, 3.05) is 13.7 Å². The van der Waals surface area contributed by atoms with E-state index in [0.717, 1.165) is 25.7 Å². The fourth-order valence-corrected chi connectivity index (χ4v) is 1.70. The molecule has 2 heteroatoms. The lowest BCUT2D eigenvalue weighted by Crippen LogP contribution is -2.21. The minimum absolute atomic E-state index is 0.302. The summed E-state index contributed by atoms with van der Waals surface area (Å²) in [4.78, 5) is 0. The van der Waals surface area contributed by atoms with E-state index in [1.165, 1.54) is 0 Å². The molecule has 0 radical (unpaired) electrons. The van der Waals surface area contributed by atoms with E-state index in [4.69, 9.17) is 9.84 Å². The van der Waals surface area contributed by atoms with Gasteiger partial charge in [0.1, 0.15) is 0 Å². The Morgan fingerprint density at radius 3 is 2.00 bits per heavy atom. The number of methoxy groups -OCH3 is 1. The van der Waals surface area contributed by atoms with Gasteiger partial charge in [0.05, 0.1) is 6.10 Å². The molecule has 88 valence electrons. The van der Waals surface area contributed by atoms with Gasteiger partial charge in [-0.3, -0.25) is 0 Å². The minimum Gasteiger partial charge on any atom is -0.396 e. The van der Waals surface area contributed by atoms with Crippen LogP contribution in [0.2, 0.25) is 0 Å². The van der Waals surface area contributed by atoms with Crippen molar-refractivity contribution in [1.82, 2.24) is 0 Å². The van der Waals surface area contributed by atoms with Gasteiger partial charge in [-0.25, -0.2) is 0 Å². The summed E-state index contributed by atoms with van der Waals surface area (Å²) in [5.41, 5.74) is 0. The number of rotatable bonds is 7. The molecule has 0 aromatic carbocycles. The molecular weight excluding hydrogens is 176 g/mol. The monoisotopic (exact) mass is 204 g/mol. The van der Waals surface area contributed by atoms with Gasteiger partial charge in [-0.1, -0.05) is 34.1 Å². The number of hydrogen-bond donors (Lipinski definition) is 1. The first-order valence-corrected chi connectivity index (χ1v) is 5.93. The molecule has 0 aliphatic rings. The third kappa shape index (κ3) is 7.34. The second-order valence-electron chi connectivity index (χ2n) is 3.22. The van der Waals surface area contributed by atoms with Gasteiger partial charge >= 0.3 is 0 Å². The van der Waals surface area contributed by atoms with Crippen LogP contribution in [-0.4, -0.2) is 24.9 Å². The van der Waals surface area contributed by atoms with E-state index in [1.54, 1.807) is 7.11 Å². The first-order chi connectivity index (χ1) is 6.79. The van der Waals surface area contributed by atoms with Gasteiger partial charge < -0.3 is 9.84 Å². The minimum atomic E-state index is 0.302. The highest BCUT2D eigenvalue weighted by Crippen LogP contribution is 2.19. The Morgan fingerprint density at radius 2 is 1.71 bits per heavy atom. The average Bonchev–Trinajstić information content (AvgIpc) is 2.27. The Balaban J connectivity index is 0. The highest BCUT2D eigenvalue weighted by Gasteiger charge is 2.16. The Kier molecular flexibility index (Phi) is 15.1. The number of ether oxygens (including phenoxy) is 1. The standard InChI is InChI=1S/C10H22O2.C2H6/c1-4-9(7-6-8-11)10(5-2)12-3;1-2/h9-11H,4-8H2,1-3H3;1-2H3. The largest absolute Gasteiger partial charge is 0.396 e. The van der Waals surface area contributed by atoms with E-state index in [2.05, 4.69) is 13.8 Å². The molecule has 2 atom stereocenters. The van der Waals surface area contributed by atoms with Crippen molar-refractivity contribution >= 4 is 0 Å². The second-order valence-corrected chi connectivity index (χ2v) is 3.22. The number of aliphatic hydroxyl groups excluding tert-OH is 1. The molecule has 0 saturated heterocycles. The predicted molar refractivity (Wildman–Crippen MR) is 62.5 cm³/mol. The molecule has 0 bridgehead atoms. The van der Waals surface area contributed by atoms with Crippen LogP contribution < -0.4 is 0 Å². The molecule has 2 nitrogen and oxygen atoms in total. The molecule has 1 N–H and O–H groups in total. The fraction of sp³-hybridized carbons (Fsp3) is 1.00. The van der Waals surface area contributed by atoms with Crippen LogP contribution in [0.15, 0.2) is 0 Å². The summed E-state index contributed by atoms with van der Waals surface area (Å²) in [7, 11) is 1.77. The quantitative estimate of drug-likeness (QED) is 0.690. The Hall–Kier alpha value is -0.0800. The fourth-order valence-electron chi connectivity index (χ4n) is 1.70. The molecule has 0 amide bonds. The van der Waals surface area contributed by atoms with E-state index >= 15 is 0 Å². The highest BCUT2D eigenvalue weighted by molar-refractivity contribution is 4.67.